The number of hydrogen-bond acceptors (Lipinski definition) is 0. The van der Waals surface area contributed by atoms with E-state index < -0.39 is 40.4 Å². The molecule has 0 aromatic heterocycles. The smallest absolute Gasteiger partial charge is 0.166 e. The molecular formula is C9H2F9Si. The number of rotatable bonds is 0. The molecule has 0 atom stereocenters. The summed E-state index contributed by atoms with van der Waals surface area (Å²) < 4.78 is 112. The first-order valence-corrected chi connectivity index (χ1v) is 4.86. The minimum absolute atomic E-state index is 0.0552. The average Bonchev–Trinajstić information content (AvgIpc) is 2.11. The van der Waals surface area contributed by atoms with E-state index in [2.05, 4.69) is 10.2 Å². The lowest BCUT2D eigenvalue weighted by molar-refractivity contribution is -0.174. The molecule has 0 nitrogen and oxygen atoms in total. The van der Waals surface area contributed by atoms with Crippen molar-refractivity contribution in [3.05, 3.63) is 28.8 Å². The Morgan fingerprint density at radius 1 is 0.632 bits per heavy atom. The lowest BCUT2D eigenvalue weighted by Crippen LogP contribution is -2.30. The monoisotopic (exact) mass is 309 g/mol. The Kier molecular flexibility index (Phi) is 3.69. The molecule has 0 aliphatic heterocycles. The third kappa shape index (κ3) is 3.22. The van der Waals surface area contributed by atoms with Gasteiger partial charge in [-0.15, -0.1) is 0 Å². The van der Waals surface area contributed by atoms with E-state index in [4.69, 9.17) is 0 Å². The van der Waals surface area contributed by atoms with E-state index in [1.54, 1.807) is 0 Å². The number of alkyl halides is 9. The van der Waals surface area contributed by atoms with Gasteiger partial charge in [0.2, 0.25) is 0 Å². The van der Waals surface area contributed by atoms with Crippen LogP contribution in [0.15, 0.2) is 12.1 Å². The topological polar surface area (TPSA) is 0 Å². The lowest BCUT2D eigenvalue weighted by atomic mass is 9.99. The Morgan fingerprint density at radius 3 is 1.37 bits per heavy atom. The van der Waals surface area contributed by atoms with E-state index >= 15 is 0 Å². The number of hydrogen-bond donors (Lipinski definition) is 0. The highest BCUT2D eigenvalue weighted by Crippen LogP contribution is 2.45. The highest BCUT2D eigenvalue weighted by molar-refractivity contribution is 6.33. The van der Waals surface area contributed by atoms with E-state index in [0.29, 0.717) is 0 Å². The van der Waals surface area contributed by atoms with Crippen LogP contribution in [0.3, 0.4) is 0 Å². The van der Waals surface area contributed by atoms with Crippen molar-refractivity contribution in [2.24, 2.45) is 0 Å². The fraction of sp³-hybridized carbons (Fsp3) is 0.333. The van der Waals surface area contributed by atoms with Crippen LogP contribution in [0.2, 0.25) is 0 Å². The van der Waals surface area contributed by atoms with Crippen molar-refractivity contribution in [3.63, 3.8) is 0 Å². The average molecular weight is 309 g/mol. The van der Waals surface area contributed by atoms with Crippen molar-refractivity contribution in [1.29, 1.82) is 0 Å². The Bertz CT molecular complexity index is 480. The summed E-state index contributed by atoms with van der Waals surface area (Å²) >= 11 is 0. The summed E-state index contributed by atoms with van der Waals surface area (Å²) in [4.78, 5) is 0. The Morgan fingerprint density at radius 2 is 1.05 bits per heavy atom. The van der Waals surface area contributed by atoms with Gasteiger partial charge in [-0.2, -0.15) is 39.5 Å². The summed E-state index contributed by atoms with van der Waals surface area (Å²) in [5.74, 6) is 0. The summed E-state index contributed by atoms with van der Waals surface area (Å²) in [7, 11) is 2.25. The van der Waals surface area contributed by atoms with Gasteiger partial charge in [0.15, 0.2) is 0 Å². The molecule has 1 aromatic carbocycles. The summed E-state index contributed by atoms with van der Waals surface area (Å²) in [6, 6.07) is 0.220. The quantitative estimate of drug-likeness (QED) is 0.508. The molecule has 1 rings (SSSR count). The van der Waals surface area contributed by atoms with Crippen molar-refractivity contribution >= 4 is 15.4 Å². The molecule has 0 heterocycles. The predicted octanol–water partition coefficient (Wildman–Crippen LogP) is 3.54. The van der Waals surface area contributed by atoms with Crippen LogP contribution in [0.1, 0.15) is 16.7 Å². The zero-order valence-corrected chi connectivity index (χ0v) is 9.56. The van der Waals surface area contributed by atoms with E-state index in [-0.39, 0.29) is 12.1 Å². The molecule has 0 bridgehead atoms. The molecule has 0 N–H and O–H groups in total. The van der Waals surface area contributed by atoms with Gasteiger partial charge in [0.25, 0.3) is 0 Å². The van der Waals surface area contributed by atoms with Gasteiger partial charge >= 0.3 is 18.5 Å². The molecule has 0 saturated carbocycles. The largest absolute Gasteiger partial charge is 0.417 e. The van der Waals surface area contributed by atoms with Crippen molar-refractivity contribution < 1.29 is 39.5 Å². The normalized spacial score (nSPS) is 13.8. The SMILES string of the molecule is FC(F)(F)c1ccc([Si])c(C(F)(F)F)c1C(F)(F)F. The fourth-order valence-electron chi connectivity index (χ4n) is 1.43. The predicted molar refractivity (Wildman–Crippen MR) is 46.8 cm³/mol. The summed E-state index contributed by atoms with van der Waals surface area (Å²) in [6.45, 7) is 0. The first-order valence-electron chi connectivity index (χ1n) is 4.36. The Labute approximate surface area is 103 Å². The first kappa shape index (κ1) is 15.9. The van der Waals surface area contributed by atoms with E-state index in [1.807, 2.05) is 0 Å². The van der Waals surface area contributed by atoms with Gasteiger partial charge in [0, 0.05) is 0 Å². The minimum Gasteiger partial charge on any atom is -0.166 e. The zero-order chi connectivity index (χ0) is 15.2. The molecule has 0 amide bonds. The first-order chi connectivity index (χ1) is 8.26. The highest BCUT2D eigenvalue weighted by Gasteiger charge is 2.50. The highest BCUT2D eigenvalue weighted by atomic mass is 28.1. The van der Waals surface area contributed by atoms with Crippen molar-refractivity contribution in [1.82, 2.24) is 0 Å². The van der Waals surface area contributed by atoms with E-state index in [9.17, 15) is 39.5 Å². The molecule has 19 heavy (non-hydrogen) atoms. The molecule has 3 radical (unpaired) electrons. The van der Waals surface area contributed by atoms with Gasteiger partial charge in [-0.05, 0) is 6.07 Å². The molecule has 0 aliphatic carbocycles. The van der Waals surface area contributed by atoms with Gasteiger partial charge in [-0.25, -0.2) is 0 Å². The standard InChI is InChI=1S/C9H2F9Si/c10-7(11,12)3-1-2-4(19)6(9(16,17)18)5(3)8(13,14)15/h1-2H. The van der Waals surface area contributed by atoms with Gasteiger partial charge in [0.05, 0.1) is 26.9 Å². The summed E-state index contributed by atoms with van der Waals surface area (Å²) in [6.07, 6.45) is -16.9. The van der Waals surface area contributed by atoms with Gasteiger partial charge < -0.3 is 0 Å². The van der Waals surface area contributed by atoms with Gasteiger partial charge in [0.1, 0.15) is 0 Å². The summed E-state index contributed by atoms with van der Waals surface area (Å²) in [5.41, 5.74) is -7.53. The minimum atomic E-state index is -5.79. The maximum Gasteiger partial charge on any atom is 0.417 e. The van der Waals surface area contributed by atoms with E-state index in [1.165, 1.54) is 0 Å². The molecule has 0 fully saturated rings. The van der Waals surface area contributed by atoms with Crippen molar-refractivity contribution in [2.75, 3.05) is 0 Å². The van der Waals surface area contributed by atoms with Crippen LogP contribution in [-0.2, 0) is 18.5 Å². The second kappa shape index (κ2) is 4.42. The number of benzene rings is 1. The molecule has 0 spiro atoms. The van der Waals surface area contributed by atoms with Crippen molar-refractivity contribution in [3.8, 4) is 0 Å². The van der Waals surface area contributed by atoms with Crippen LogP contribution < -0.4 is 5.19 Å². The second-order valence-corrected chi connectivity index (χ2v) is 3.94. The summed E-state index contributed by atoms with van der Waals surface area (Å²) in [5, 5.41) is -1.12. The molecule has 0 saturated heterocycles. The Balaban J connectivity index is 3.82. The molecule has 0 aliphatic rings. The molecule has 1 aromatic rings. The third-order valence-corrected chi connectivity index (χ3v) is 2.49. The molecular weight excluding hydrogens is 307 g/mol. The van der Waals surface area contributed by atoms with Crippen LogP contribution in [0.4, 0.5) is 39.5 Å². The molecule has 0 unspecified atom stereocenters. The second-order valence-electron chi connectivity index (χ2n) is 3.40. The van der Waals surface area contributed by atoms with Gasteiger partial charge in [-0.1, -0.05) is 11.3 Å². The molecule has 10 heteroatoms. The third-order valence-electron chi connectivity index (χ3n) is 2.08. The lowest BCUT2D eigenvalue weighted by Gasteiger charge is -2.22. The van der Waals surface area contributed by atoms with E-state index in [0.717, 1.165) is 0 Å². The van der Waals surface area contributed by atoms with Crippen LogP contribution in [-0.4, -0.2) is 10.2 Å². The van der Waals surface area contributed by atoms with Crippen LogP contribution in [0.5, 0.6) is 0 Å². The van der Waals surface area contributed by atoms with Gasteiger partial charge in [-0.3, -0.25) is 0 Å². The Hall–Kier alpha value is -1.19. The van der Waals surface area contributed by atoms with Crippen LogP contribution in [0, 0.1) is 0 Å². The zero-order valence-electron chi connectivity index (χ0n) is 8.56. The number of halogens is 9. The molecule has 105 valence electrons. The maximum absolute atomic E-state index is 12.5. The fourth-order valence-corrected chi connectivity index (χ4v) is 1.78. The maximum atomic E-state index is 12.5. The van der Waals surface area contributed by atoms with Crippen molar-refractivity contribution in [2.45, 2.75) is 18.5 Å². The van der Waals surface area contributed by atoms with Crippen LogP contribution in [0.25, 0.3) is 0 Å². The van der Waals surface area contributed by atoms with Crippen LogP contribution >= 0.6 is 0 Å².